The Labute approximate surface area is 332 Å². The molecule has 2 amide bonds. The number of ketones is 1. The van der Waals surface area contributed by atoms with Crippen LogP contribution < -0.4 is 25.3 Å². The minimum atomic E-state index is -0.880. The van der Waals surface area contributed by atoms with E-state index in [1.165, 1.54) is 4.90 Å². The first-order valence-corrected chi connectivity index (χ1v) is 19.7. The van der Waals surface area contributed by atoms with Crippen LogP contribution in [0.3, 0.4) is 0 Å². The molecular weight excluding hydrogens is 722 g/mol. The number of benzene rings is 2. The number of hydrogen-bond donors (Lipinski definition) is 2. The summed E-state index contributed by atoms with van der Waals surface area (Å²) in [6.45, 7) is 9.54. The predicted octanol–water partition coefficient (Wildman–Crippen LogP) is 4.59. The maximum atomic E-state index is 13.9. The molecular formula is C42H63N3O11. The van der Waals surface area contributed by atoms with Crippen molar-refractivity contribution in [2.75, 3.05) is 80.1 Å². The summed E-state index contributed by atoms with van der Waals surface area (Å²) in [4.78, 5) is 54.5. The first-order chi connectivity index (χ1) is 27.0. The van der Waals surface area contributed by atoms with E-state index in [1.807, 2.05) is 31.2 Å². The molecule has 0 aliphatic carbocycles. The molecule has 3 rings (SSSR count). The number of carbonyl (C=O) groups excluding carboxylic acids is 4. The number of carbonyl (C=O) groups is 4. The minimum Gasteiger partial charge on any atom is -0.493 e. The molecule has 1 fully saturated rings. The largest absolute Gasteiger partial charge is 0.493 e. The van der Waals surface area contributed by atoms with E-state index in [4.69, 9.17) is 38.9 Å². The SMILES string of the molecule is CCC(C)(C)C(=O)C(=O)N1CCCC[C@H]1C(=O)O[C@H](CCc1ccc(OC)c(OC)c1)c1cccc(OCC(=O)NCCCOCCOCCOCCCN)c1. The quantitative estimate of drug-likeness (QED) is 0.0734. The minimum absolute atomic E-state index is 0.205. The van der Waals surface area contributed by atoms with Gasteiger partial charge in [0.15, 0.2) is 18.1 Å². The van der Waals surface area contributed by atoms with E-state index in [2.05, 4.69) is 5.32 Å². The first kappa shape index (κ1) is 46.1. The number of hydrogen-bond acceptors (Lipinski definition) is 12. The summed E-state index contributed by atoms with van der Waals surface area (Å²) in [5.41, 5.74) is 6.19. The van der Waals surface area contributed by atoms with Crippen LogP contribution in [-0.4, -0.2) is 115 Å². The molecule has 56 heavy (non-hydrogen) atoms. The van der Waals surface area contributed by atoms with Gasteiger partial charge in [-0.15, -0.1) is 0 Å². The molecule has 1 saturated heterocycles. The molecule has 1 heterocycles. The number of nitrogens with two attached hydrogens (primary N) is 1. The Bertz CT molecular complexity index is 1520. The Hall–Kier alpha value is -4.24. The van der Waals surface area contributed by atoms with Crippen molar-refractivity contribution in [1.29, 1.82) is 0 Å². The highest BCUT2D eigenvalue weighted by molar-refractivity contribution is 6.38. The number of nitrogens with one attached hydrogen (secondary N) is 1. The fraction of sp³-hybridized carbons (Fsp3) is 0.619. The lowest BCUT2D eigenvalue weighted by Gasteiger charge is -2.36. The molecule has 312 valence electrons. The van der Waals surface area contributed by atoms with Crippen molar-refractivity contribution in [2.45, 2.75) is 84.3 Å². The van der Waals surface area contributed by atoms with Crippen molar-refractivity contribution in [2.24, 2.45) is 11.1 Å². The van der Waals surface area contributed by atoms with Crippen LogP contribution >= 0.6 is 0 Å². The van der Waals surface area contributed by atoms with Gasteiger partial charge in [0.25, 0.3) is 11.8 Å². The Morgan fingerprint density at radius 1 is 0.893 bits per heavy atom. The summed E-state index contributed by atoms with van der Waals surface area (Å²) in [5, 5.41) is 2.83. The summed E-state index contributed by atoms with van der Waals surface area (Å²) in [6, 6.07) is 11.8. The third kappa shape index (κ3) is 15.4. The van der Waals surface area contributed by atoms with E-state index in [1.54, 1.807) is 46.3 Å². The lowest BCUT2D eigenvalue weighted by Crippen LogP contribution is -2.53. The number of nitrogens with zero attached hydrogens (tertiary/aromatic N) is 1. The van der Waals surface area contributed by atoms with Crippen molar-refractivity contribution >= 4 is 23.6 Å². The average Bonchev–Trinajstić information content (AvgIpc) is 3.22. The summed E-state index contributed by atoms with van der Waals surface area (Å²) < 4.78 is 39.3. The lowest BCUT2D eigenvalue weighted by atomic mass is 9.84. The summed E-state index contributed by atoms with van der Waals surface area (Å²) >= 11 is 0. The van der Waals surface area contributed by atoms with Gasteiger partial charge in [-0.3, -0.25) is 14.4 Å². The Morgan fingerprint density at radius 2 is 1.59 bits per heavy atom. The van der Waals surface area contributed by atoms with Crippen molar-refractivity contribution in [3.8, 4) is 17.2 Å². The van der Waals surface area contributed by atoms with Gasteiger partial charge in [-0.2, -0.15) is 0 Å². The number of likely N-dealkylation sites (tertiary alicyclic amines) is 1. The molecule has 0 saturated carbocycles. The third-order valence-corrected chi connectivity index (χ3v) is 9.75. The summed E-state index contributed by atoms with van der Waals surface area (Å²) in [7, 11) is 3.14. The van der Waals surface area contributed by atoms with E-state index in [-0.39, 0.29) is 12.5 Å². The van der Waals surface area contributed by atoms with Crippen molar-refractivity contribution < 1.29 is 52.3 Å². The zero-order valence-electron chi connectivity index (χ0n) is 33.9. The lowest BCUT2D eigenvalue weighted by molar-refractivity contribution is -0.164. The molecule has 1 aliphatic heterocycles. The van der Waals surface area contributed by atoms with Crippen LogP contribution in [-0.2, 0) is 44.5 Å². The molecule has 0 unspecified atom stereocenters. The predicted molar refractivity (Wildman–Crippen MR) is 211 cm³/mol. The molecule has 14 nitrogen and oxygen atoms in total. The van der Waals surface area contributed by atoms with Crippen LogP contribution in [0.4, 0.5) is 0 Å². The number of Topliss-reactive ketones (excluding diaryl/α,β-unsaturated/α-hetero) is 1. The van der Waals surface area contributed by atoms with Gasteiger partial charge in [-0.25, -0.2) is 4.79 Å². The molecule has 0 bridgehead atoms. The maximum Gasteiger partial charge on any atom is 0.329 e. The standard InChI is InChI=1S/C42H63N3O11/c1-6-42(2,3)39(47)40(48)45-21-8-7-14-34(45)41(49)56-35(17-15-31-16-18-36(50-4)37(28-31)51-5)32-12-9-13-33(29-32)55-30-38(46)44-20-11-23-53-25-27-54-26-24-52-22-10-19-43/h9,12-13,16,18,28-29,34-35H,6-8,10-11,14-15,17,19-27,30,43H2,1-5H3,(H,44,46)/t34-,35+/m0/s1. The highest BCUT2D eigenvalue weighted by Gasteiger charge is 2.41. The Balaban J connectivity index is 1.60. The van der Waals surface area contributed by atoms with E-state index in [0.717, 1.165) is 18.4 Å². The summed E-state index contributed by atoms with van der Waals surface area (Å²) in [5.74, 6) is -0.401. The van der Waals surface area contributed by atoms with Gasteiger partial charge in [0.1, 0.15) is 17.9 Å². The molecule has 3 N–H and O–H groups in total. The highest BCUT2D eigenvalue weighted by Crippen LogP contribution is 2.32. The Morgan fingerprint density at radius 3 is 2.27 bits per heavy atom. The fourth-order valence-corrected chi connectivity index (χ4v) is 5.98. The van der Waals surface area contributed by atoms with Crippen LogP contribution in [0.15, 0.2) is 42.5 Å². The number of methoxy groups -OCH3 is 2. The molecule has 2 aromatic carbocycles. The summed E-state index contributed by atoms with van der Waals surface area (Å²) in [6.07, 6.45) is 3.97. The van der Waals surface area contributed by atoms with E-state index < -0.39 is 35.2 Å². The second-order valence-corrected chi connectivity index (χ2v) is 14.3. The van der Waals surface area contributed by atoms with E-state index >= 15 is 0 Å². The second kappa shape index (κ2) is 25.1. The number of piperidine rings is 1. The normalized spacial score (nSPS) is 14.8. The van der Waals surface area contributed by atoms with Crippen LogP contribution in [0.2, 0.25) is 0 Å². The molecule has 0 aromatic heterocycles. The van der Waals surface area contributed by atoms with Crippen LogP contribution in [0.1, 0.15) is 82.9 Å². The smallest absolute Gasteiger partial charge is 0.329 e. The van der Waals surface area contributed by atoms with Crippen LogP contribution in [0, 0.1) is 5.41 Å². The van der Waals surface area contributed by atoms with Crippen LogP contribution in [0.25, 0.3) is 0 Å². The van der Waals surface area contributed by atoms with Crippen LogP contribution in [0.5, 0.6) is 17.2 Å². The maximum absolute atomic E-state index is 13.9. The molecule has 2 aromatic rings. The van der Waals surface area contributed by atoms with Gasteiger partial charge in [0.05, 0.1) is 40.6 Å². The number of aryl methyl sites for hydroxylation is 1. The highest BCUT2D eigenvalue weighted by atomic mass is 16.6. The third-order valence-electron chi connectivity index (χ3n) is 9.75. The topological polar surface area (TPSA) is 174 Å². The first-order valence-electron chi connectivity index (χ1n) is 19.7. The number of rotatable bonds is 27. The van der Waals surface area contributed by atoms with Crippen molar-refractivity contribution in [3.63, 3.8) is 0 Å². The monoisotopic (exact) mass is 785 g/mol. The van der Waals surface area contributed by atoms with Gasteiger partial charge in [0, 0.05) is 31.7 Å². The molecule has 14 heteroatoms. The number of esters is 1. The molecule has 2 atom stereocenters. The van der Waals surface area contributed by atoms with Gasteiger partial charge in [-0.05, 0) is 93.3 Å². The van der Waals surface area contributed by atoms with E-state index in [0.29, 0.717) is 121 Å². The molecule has 0 spiro atoms. The zero-order chi connectivity index (χ0) is 40.8. The molecule has 1 aliphatic rings. The van der Waals surface area contributed by atoms with Gasteiger partial charge in [0.2, 0.25) is 5.78 Å². The van der Waals surface area contributed by atoms with Gasteiger partial charge >= 0.3 is 5.97 Å². The Kier molecular flexibility index (Phi) is 20.7. The van der Waals surface area contributed by atoms with Crippen molar-refractivity contribution in [1.82, 2.24) is 10.2 Å². The number of amides is 2. The van der Waals surface area contributed by atoms with Crippen molar-refractivity contribution in [3.05, 3.63) is 53.6 Å². The second-order valence-electron chi connectivity index (χ2n) is 14.3. The van der Waals surface area contributed by atoms with E-state index in [9.17, 15) is 19.2 Å². The number of ether oxygens (including phenoxy) is 7. The average molecular weight is 786 g/mol. The fourth-order valence-electron chi connectivity index (χ4n) is 5.98. The molecule has 0 radical (unpaired) electrons. The zero-order valence-corrected chi connectivity index (χ0v) is 33.9. The van der Waals surface area contributed by atoms with Gasteiger partial charge in [-0.1, -0.05) is 39.0 Å². The van der Waals surface area contributed by atoms with Gasteiger partial charge < -0.3 is 49.1 Å².